The first-order valence-electron chi connectivity index (χ1n) is 5.97. The number of hydrogen-bond donors (Lipinski definition) is 0. The molecule has 1 unspecified atom stereocenters. The van der Waals surface area contributed by atoms with Crippen molar-refractivity contribution in [2.24, 2.45) is 5.11 Å². The SMILES string of the molecule is N#CCCOC(=O)C(COCc1ccccc1)N=[N+]=[N-]. The van der Waals surface area contributed by atoms with Crippen LogP contribution in [-0.4, -0.2) is 25.2 Å². The number of carbonyl (C=O) groups is 1. The molecule has 0 aliphatic heterocycles. The number of esters is 1. The van der Waals surface area contributed by atoms with E-state index in [9.17, 15) is 4.79 Å². The average Bonchev–Trinajstić information content (AvgIpc) is 2.47. The number of nitrogens with zero attached hydrogens (tertiary/aromatic N) is 4. The van der Waals surface area contributed by atoms with Crippen LogP contribution < -0.4 is 0 Å². The zero-order valence-corrected chi connectivity index (χ0v) is 10.8. The second-order valence-corrected chi connectivity index (χ2v) is 3.80. The molecule has 0 aromatic heterocycles. The monoisotopic (exact) mass is 274 g/mol. The third-order valence-corrected chi connectivity index (χ3v) is 2.31. The zero-order valence-electron chi connectivity index (χ0n) is 10.8. The molecule has 7 heteroatoms. The standard InChI is InChI=1S/C13H14N4O3/c14-7-4-8-20-13(18)12(16-17-15)10-19-9-11-5-2-1-3-6-11/h1-3,5-6,12H,4,8-10H2. The van der Waals surface area contributed by atoms with Gasteiger partial charge in [-0.3, -0.25) is 4.79 Å². The van der Waals surface area contributed by atoms with Gasteiger partial charge in [0, 0.05) is 4.91 Å². The van der Waals surface area contributed by atoms with Gasteiger partial charge in [0.1, 0.15) is 6.61 Å². The maximum absolute atomic E-state index is 11.6. The third-order valence-electron chi connectivity index (χ3n) is 2.31. The van der Waals surface area contributed by atoms with Crippen LogP contribution in [0, 0.1) is 11.3 Å². The first kappa shape index (κ1) is 15.5. The predicted octanol–water partition coefficient (Wildman–Crippen LogP) is 2.34. The molecule has 20 heavy (non-hydrogen) atoms. The Morgan fingerprint density at radius 3 is 2.85 bits per heavy atom. The summed E-state index contributed by atoms with van der Waals surface area (Å²) in [7, 11) is 0. The Bertz CT molecular complexity index is 506. The third kappa shape index (κ3) is 5.87. The van der Waals surface area contributed by atoms with Crippen molar-refractivity contribution in [2.75, 3.05) is 13.2 Å². The number of azide groups is 1. The van der Waals surface area contributed by atoms with Gasteiger partial charge in [-0.25, -0.2) is 0 Å². The summed E-state index contributed by atoms with van der Waals surface area (Å²) in [6.07, 6.45) is 0.0968. The molecule has 0 radical (unpaired) electrons. The number of rotatable bonds is 8. The molecule has 0 aliphatic rings. The van der Waals surface area contributed by atoms with Gasteiger partial charge in [-0.05, 0) is 11.1 Å². The van der Waals surface area contributed by atoms with Crippen LogP contribution in [0.3, 0.4) is 0 Å². The van der Waals surface area contributed by atoms with Crippen LogP contribution in [0.5, 0.6) is 0 Å². The Kier molecular flexibility index (Phi) is 7.28. The van der Waals surface area contributed by atoms with E-state index in [1.807, 2.05) is 36.4 Å². The minimum absolute atomic E-state index is 0.0224. The molecule has 7 nitrogen and oxygen atoms in total. The Labute approximate surface area is 116 Å². The van der Waals surface area contributed by atoms with Gasteiger partial charge in [-0.1, -0.05) is 35.4 Å². The van der Waals surface area contributed by atoms with Crippen molar-refractivity contribution in [3.05, 3.63) is 46.3 Å². The van der Waals surface area contributed by atoms with Crippen molar-refractivity contribution < 1.29 is 14.3 Å². The lowest BCUT2D eigenvalue weighted by Crippen LogP contribution is -2.26. The Balaban J connectivity index is 2.41. The number of hydrogen-bond acceptors (Lipinski definition) is 5. The lowest BCUT2D eigenvalue weighted by molar-refractivity contribution is -0.146. The summed E-state index contributed by atoms with van der Waals surface area (Å²) in [6.45, 7) is 0.222. The van der Waals surface area contributed by atoms with E-state index in [0.29, 0.717) is 6.61 Å². The van der Waals surface area contributed by atoms with Gasteiger partial charge in [-0.15, -0.1) is 0 Å². The molecule has 0 heterocycles. The van der Waals surface area contributed by atoms with E-state index in [0.717, 1.165) is 5.56 Å². The number of benzene rings is 1. The van der Waals surface area contributed by atoms with Gasteiger partial charge in [0.2, 0.25) is 0 Å². The molecule has 0 bridgehead atoms. The summed E-state index contributed by atoms with van der Waals surface area (Å²) in [6, 6.07) is 10.2. The van der Waals surface area contributed by atoms with Crippen LogP contribution in [0.2, 0.25) is 0 Å². The van der Waals surface area contributed by atoms with E-state index in [2.05, 4.69) is 10.0 Å². The van der Waals surface area contributed by atoms with Crippen LogP contribution in [0.1, 0.15) is 12.0 Å². The van der Waals surface area contributed by atoms with Gasteiger partial charge in [0.25, 0.3) is 0 Å². The van der Waals surface area contributed by atoms with E-state index in [-0.39, 0.29) is 19.6 Å². The molecule has 0 N–H and O–H groups in total. The van der Waals surface area contributed by atoms with E-state index >= 15 is 0 Å². The first-order chi connectivity index (χ1) is 9.77. The normalized spacial score (nSPS) is 10.9. The van der Waals surface area contributed by atoms with Crippen LogP contribution in [-0.2, 0) is 20.9 Å². The number of nitriles is 1. The van der Waals surface area contributed by atoms with E-state index in [4.69, 9.17) is 20.3 Å². The lowest BCUT2D eigenvalue weighted by atomic mass is 10.2. The van der Waals surface area contributed by atoms with Crippen molar-refractivity contribution in [3.8, 4) is 6.07 Å². The highest BCUT2D eigenvalue weighted by Gasteiger charge is 2.18. The van der Waals surface area contributed by atoms with Gasteiger partial charge < -0.3 is 9.47 Å². The van der Waals surface area contributed by atoms with Crippen LogP contribution >= 0.6 is 0 Å². The highest BCUT2D eigenvalue weighted by molar-refractivity contribution is 5.76. The first-order valence-corrected chi connectivity index (χ1v) is 5.97. The summed E-state index contributed by atoms with van der Waals surface area (Å²) in [5.41, 5.74) is 9.37. The topological polar surface area (TPSA) is 108 Å². The number of carbonyl (C=O) groups excluding carboxylic acids is 1. The van der Waals surface area contributed by atoms with E-state index < -0.39 is 12.0 Å². The highest BCUT2D eigenvalue weighted by Crippen LogP contribution is 2.04. The van der Waals surface area contributed by atoms with E-state index in [1.54, 1.807) is 0 Å². The van der Waals surface area contributed by atoms with Gasteiger partial charge in [0.15, 0.2) is 6.04 Å². The summed E-state index contributed by atoms with van der Waals surface area (Å²) in [4.78, 5) is 14.2. The quantitative estimate of drug-likeness (QED) is 0.238. The van der Waals surface area contributed by atoms with Crippen molar-refractivity contribution in [3.63, 3.8) is 0 Å². The second-order valence-electron chi connectivity index (χ2n) is 3.80. The smallest absolute Gasteiger partial charge is 0.317 e. The summed E-state index contributed by atoms with van der Waals surface area (Å²) in [5, 5.41) is 11.7. The second kappa shape index (κ2) is 9.39. The molecule has 1 aromatic rings. The van der Waals surface area contributed by atoms with Gasteiger partial charge in [-0.2, -0.15) is 5.26 Å². The van der Waals surface area contributed by atoms with E-state index in [1.165, 1.54) is 0 Å². The molecular weight excluding hydrogens is 260 g/mol. The fourth-order valence-electron chi connectivity index (χ4n) is 1.37. The Hall–Kier alpha value is -2.55. The highest BCUT2D eigenvalue weighted by atomic mass is 16.5. The minimum Gasteiger partial charge on any atom is -0.464 e. The lowest BCUT2D eigenvalue weighted by Gasteiger charge is -2.11. The maximum atomic E-state index is 11.6. The molecule has 0 saturated heterocycles. The Morgan fingerprint density at radius 2 is 2.20 bits per heavy atom. The summed E-state index contributed by atoms with van der Waals surface area (Å²) >= 11 is 0. The van der Waals surface area contributed by atoms with Gasteiger partial charge >= 0.3 is 5.97 Å². The molecule has 1 atom stereocenters. The zero-order chi connectivity index (χ0) is 14.6. The summed E-state index contributed by atoms with van der Waals surface area (Å²) < 4.78 is 10.1. The molecule has 0 fully saturated rings. The molecule has 104 valence electrons. The maximum Gasteiger partial charge on any atom is 0.317 e. The Morgan fingerprint density at radius 1 is 1.45 bits per heavy atom. The molecule has 0 saturated carbocycles. The summed E-state index contributed by atoms with van der Waals surface area (Å²) in [5.74, 6) is -0.689. The molecule has 1 aromatic carbocycles. The van der Waals surface area contributed by atoms with Crippen molar-refractivity contribution in [1.29, 1.82) is 5.26 Å². The molecule has 0 aliphatic carbocycles. The van der Waals surface area contributed by atoms with Crippen molar-refractivity contribution >= 4 is 5.97 Å². The fourth-order valence-corrected chi connectivity index (χ4v) is 1.37. The fraction of sp³-hybridized carbons (Fsp3) is 0.385. The van der Waals surface area contributed by atoms with Crippen molar-refractivity contribution in [1.82, 2.24) is 0 Å². The predicted molar refractivity (Wildman–Crippen MR) is 70.2 cm³/mol. The number of ether oxygens (including phenoxy) is 2. The van der Waals surface area contributed by atoms with Gasteiger partial charge in [0.05, 0.1) is 25.7 Å². The van der Waals surface area contributed by atoms with Crippen molar-refractivity contribution in [2.45, 2.75) is 19.1 Å². The molecule has 0 amide bonds. The van der Waals surface area contributed by atoms with Crippen LogP contribution in [0.15, 0.2) is 35.4 Å². The largest absolute Gasteiger partial charge is 0.464 e. The minimum atomic E-state index is -1.04. The molecular formula is C13H14N4O3. The molecule has 0 spiro atoms. The van der Waals surface area contributed by atoms with Crippen LogP contribution in [0.25, 0.3) is 10.4 Å². The van der Waals surface area contributed by atoms with Crippen LogP contribution in [0.4, 0.5) is 0 Å². The average molecular weight is 274 g/mol. The molecule has 1 rings (SSSR count).